The molecule has 23 heavy (non-hydrogen) atoms. The van der Waals surface area contributed by atoms with Crippen molar-refractivity contribution in [2.24, 2.45) is 4.99 Å². The maximum Gasteiger partial charge on any atom is 0.148 e. The molecule has 0 unspecified atom stereocenters. The smallest absolute Gasteiger partial charge is 0.148 e. The minimum Gasteiger partial charge on any atom is -0.489 e. The summed E-state index contributed by atoms with van der Waals surface area (Å²) < 4.78 is 10.3. The summed E-state index contributed by atoms with van der Waals surface area (Å²) in [6.07, 6.45) is 0.687. The van der Waals surface area contributed by atoms with Gasteiger partial charge in [0.2, 0.25) is 0 Å². The van der Waals surface area contributed by atoms with Crippen molar-refractivity contribution in [3.63, 3.8) is 0 Å². The molecule has 0 spiro atoms. The highest BCUT2D eigenvalue weighted by molar-refractivity contribution is 5.72. The summed E-state index contributed by atoms with van der Waals surface area (Å²) in [7, 11) is 1.71. The topological polar surface area (TPSA) is 47.9 Å². The number of aliphatic imine (C=N–C) groups is 1. The number of carbonyl (C=O) groups excluding carboxylic acids is 1. The van der Waals surface area contributed by atoms with E-state index in [-0.39, 0.29) is 12.2 Å². The number of benzene rings is 1. The number of nitrogens with zero attached hydrogens (tertiary/aromatic N) is 1. The lowest BCUT2D eigenvalue weighted by Gasteiger charge is -2.14. The van der Waals surface area contributed by atoms with Crippen LogP contribution in [-0.2, 0) is 9.53 Å². The Kier molecular flexibility index (Phi) is 12.8. The van der Waals surface area contributed by atoms with Gasteiger partial charge in [-0.05, 0) is 58.2 Å². The van der Waals surface area contributed by atoms with E-state index in [1.807, 2.05) is 53.7 Å². The van der Waals surface area contributed by atoms with Gasteiger partial charge in [0, 0.05) is 12.7 Å². The predicted octanol–water partition coefficient (Wildman–Crippen LogP) is 4.92. The average Bonchev–Trinajstić information content (AvgIpc) is 2.54. The average molecular weight is 321 g/mol. The fourth-order valence-corrected chi connectivity index (χ4v) is 1.11. The zero-order chi connectivity index (χ0) is 18.5. The second-order valence-corrected chi connectivity index (χ2v) is 5.49. The van der Waals surface area contributed by atoms with Crippen molar-refractivity contribution in [2.75, 3.05) is 13.7 Å². The second-order valence-electron chi connectivity index (χ2n) is 5.49. The van der Waals surface area contributed by atoms with Crippen molar-refractivity contribution < 1.29 is 14.3 Å². The van der Waals surface area contributed by atoms with Crippen LogP contribution in [0.5, 0.6) is 5.75 Å². The third-order valence-corrected chi connectivity index (χ3v) is 2.54. The molecule has 0 aliphatic heterocycles. The number of aldehydes is 1. The van der Waals surface area contributed by atoms with E-state index in [1.54, 1.807) is 13.2 Å². The molecule has 130 valence electrons. The molecule has 0 aliphatic carbocycles. The molecule has 0 heterocycles. The summed E-state index contributed by atoms with van der Waals surface area (Å²) in [5.41, 5.74) is 2.27. The van der Waals surface area contributed by atoms with Gasteiger partial charge >= 0.3 is 0 Å². The van der Waals surface area contributed by atoms with E-state index in [4.69, 9.17) is 9.47 Å². The van der Waals surface area contributed by atoms with Crippen molar-refractivity contribution in [2.45, 2.75) is 47.1 Å². The molecule has 0 amide bonds. The first-order valence-electron chi connectivity index (χ1n) is 7.61. The zero-order valence-corrected chi connectivity index (χ0v) is 15.6. The summed E-state index contributed by atoms with van der Waals surface area (Å²) in [6, 6.07) is 5.46. The number of rotatable bonds is 5. The van der Waals surface area contributed by atoms with Gasteiger partial charge in [-0.25, -0.2) is 0 Å². The Labute approximate surface area is 141 Å². The molecule has 0 fully saturated rings. The Balaban J connectivity index is 0. The molecule has 0 bridgehead atoms. The summed E-state index contributed by atoms with van der Waals surface area (Å²) in [5.74, 6) is 0.697. The van der Waals surface area contributed by atoms with Crippen molar-refractivity contribution in [3.05, 3.63) is 35.9 Å². The SMILES string of the molecule is C=Nc1ccc(OCC(=C)C=O)cc1C.CC.COC(C)(C)C. The summed E-state index contributed by atoms with van der Waals surface area (Å²) in [5, 5.41) is 0. The lowest BCUT2D eigenvalue weighted by molar-refractivity contribution is -0.105. The van der Waals surface area contributed by atoms with Crippen molar-refractivity contribution in [1.29, 1.82) is 0 Å². The minimum absolute atomic E-state index is 0.0417. The van der Waals surface area contributed by atoms with Gasteiger partial charge in [0.05, 0.1) is 11.3 Å². The van der Waals surface area contributed by atoms with Gasteiger partial charge in [0.15, 0.2) is 0 Å². The first kappa shape index (κ1) is 23.3. The Morgan fingerprint density at radius 3 is 2.17 bits per heavy atom. The van der Waals surface area contributed by atoms with Gasteiger partial charge in [-0.15, -0.1) is 0 Å². The summed E-state index contributed by atoms with van der Waals surface area (Å²) in [6.45, 7) is 19.2. The highest BCUT2D eigenvalue weighted by atomic mass is 16.5. The number of methoxy groups -OCH3 is 1. The van der Waals surface area contributed by atoms with Gasteiger partial charge in [-0.2, -0.15) is 0 Å². The Hall–Kier alpha value is -1.94. The highest BCUT2D eigenvalue weighted by Gasteiger charge is 2.04. The Morgan fingerprint density at radius 1 is 1.30 bits per heavy atom. The number of hydrogen-bond donors (Lipinski definition) is 0. The van der Waals surface area contributed by atoms with Crippen LogP contribution in [-0.4, -0.2) is 32.3 Å². The maximum absolute atomic E-state index is 10.3. The van der Waals surface area contributed by atoms with Gasteiger partial charge in [0.1, 0.15) is 18.6 Å². The van der Waals surface area contributed by atoms with E-state index in [0.717, 1.165) is 11.3 Å². The number of ether oxygens (including phenoxy) is 2. The standard InChI is InChI=1S/C12H13NO2.C5H12O.C2H6/c1-9(7-14)8-15-11-4-5-12(13-3)10(2)6-11;1-5(2,3)6-4;1-2/h4-7H,1,3,8H2,2H3;1-4H3;1-2H3. The van der Waals surface area contributed by atoms with Crippen LogP contribution in [0.4, 0.5) is 5.69 Å². The fourth-order valence-electron chi connectivity index (χ4n) is 1.11. The van der Waals surface area contributed by atoms with E-state index in [1.165, 1.54) is 0 Å². The third kappa shape index (κ3) is 12.3. The predicted molar refractivity (Wildman–Crippen MR) is 99.2 cm³/mol. The number of carbonyl (C=O) groups is 1. The zero-order valence-electron chi connectivity index (χ0n) is 15.6. The number of hydrogen-bond acceptors (Lipinski definition) is 4. The molecule has 0 radical (unpaired) electrons. The first-order chi connectivity index (χ1) is 10.7. The van der Waals surface area contributed by atoms with Gasteiger partial charge < -0.3 is 9.47 Å². The third-order valence-electron chi connectivity index (χ3n) is 2.54. The van der Waals surface area contributed by atoms with Crippen LogP contribution in [0, 0.1) is 6.92 Å². The monoisotopic (exact) mass is 321 g/mol. The molecule has 1 aromatic rings. The maximum atomic E-state index is 10.3. The molecule has 1 rings (SSSR count). The normalized spacial score (nSPS) is 9.52. The first-order valence-corrected chi connectivity index (χ1v) is 7.61. The lowest BCUT2D eigenvalue weighted by atomic mass is 10.2. The summed E-state index contributed by atoms with van der Waals surface area (Å²) >= 11 is 0. The van der Waals surface area contributed by atoms with Crippen LogP contribution in [0.2, 0.25) is 0 Å². The molecular formula is C19H31NO3. The largest absolute Gasteiger partial charge is 0.489 e. The molecular weight excluding hydrogens is 290 g/mol. The molecule has 0 aromatic heterocycles. The van der Waals surface area contributed by atoms with Crippen LogP contribution in [0.15, 0.2) is 35.3 Å². The highest BCUT2D eigenvalue weighted by Crippen LogP contribution is 2.23. The Bertz CT molecular complexity index is 488. The fraction of sp³-hybridized carbons (Fsp3) is 0.474. The molecule has 0 saturated heterocycles. The number of aryl methyl sites for hydroxylation is 1. The van der Waals surface area contributed by atoms with E-state index >= 15 is 0 Å². The van der Waals surface area contributed by atoms with Crippen LogP contribution in [0.3, 0.4) is 0 Å². The van der Waals surface area contributed by atoms with E-state index in [2.05, 4.69) is 18.3 Å². The molecule has 0 N–H and O–H groups in total. The molecule has 0 saturated carbocycles. The molecule has 4 heteroatoms. The Morgan fingerprint density at radius 2 is 1.83 bits per heavy atom. The van der Waals surface area contributed by atoms with Crippen LogP contribution >= 0.6 is 0 Å². The van der Waals surface area contributed by atoms with Crippen molar-refractivity contribution >= 4 is 18.7 Å². The quantitative estimate of drug-likeness (QED) is 0.439. The molecule has 0 atom stereocenters. The minimum atomic E-state index is 0.0417. The van der Waals surface area contributed by atoms with E-state index in [0.29, 0.717) is 17.6 Å². The molecule has 4 nitrogen and oxygen atoms in total. The molecule has 0 aliphatic rings. The van der Waals surface area contributed by atoms with Gasteiger partial charge in [-0.3, -0.25) is 9.79 Å². The van der Waals surface area contributed by atoms with Crippen LogP contribution in [0.25, 0.3) is 0 Å². The van der Waals surface area contributed by atoms with Crippen LogP contribution < -0.4 is 4.74 Å². The van der Waals surface area contributed by atoms with E-state index < -0.39 is 0 Å². The van der Waals surface area contributed by atoms with Gasteiger partial charge in [-0.1, -0.05) is 20.4 Å². The lowest BCUT2D eigenvalue weighted by Crippen LogP contribution is -2.15. The van der Waals surface area contributed by atoms with E-state index in [9.17, 15) is 4.79 Å². The van der Waals surface area contributed by atoms with Crippen molar-refractivity contribution in [3.8, 4) is 5.75 Å². The van der Waals surface area contributed by atoms with Gasteiger partial charge in [0.25, 0.3) is 0 Å². The second kappa shape index (κ2) is 12.6. The van der Waals surface area contributed by atoms with Crippen LogP contribution in [0.1, 0.15) is 40.2 Å². The molecule has 1 aromatic carbocycles. The van der Waals surface area contributed by atoms with Crippen molar-refractivity contribution in [1.82, 2.24) is 0 Å². The summed E-state index contributed by atoms with van der Waals surface area (Å²) in [4.78, 5) is 14.1.